The monoisotopic (exact) mass is 396 g/mol. The van der Waals surface area contributed by atoms with Gasteiger partial charge in [0.25, 0.3) is 0 Å². The average molecular weight is 397 g/mol. The fraction of sp³-hybridized carbons (Fsp3) is 0.118. The van der Waals surface area contributed by atoms with E-state index in [-0.39, 0.29) is 17.3 Å². The minimum absolute atomic E-state index is 0.142. The lowest BCUT2D eigenvalue weighted by atomic mass is 10.1. The number of rotatable bonds is 2. The number of carbonyl (C=O) groups excluding carboxylic acids is 1. The second-order valence-electron chi connectivity index (χ2n) is 5.38. The highest BCUT2D eigenvalue weighted by atomic mass is 79.9. The maximum absolute atomic E-state index is 13.3. The number of alkyl halides is 3. The van der Waals surface area contributed by atoms with Gasteiger partial charge in [0.2, 0.25) is 5.91 Å². The predicted molar refractivity (Wildman–Crippen MR) is 89.8 cm³/mol. The number of nitrogens with two attached hydrogens (primary N) is 1. The molecule has 2 aromatic carbocycles. The van der Waals surface area contributed by atoms with Gasteiger partial charge in [0.15, 0.2) is 0 Å². The maximum atomic E-state index is 13.3. The summed E-state index contributed by atoms with van der Waals surface area (Å²) in [5.74, 6) is -0.653. The number of carbonyl (C=O) groups is 1. The van der Waals surface area contributed by atoms with E-state index >= 15 is 0 Å². The molecule has 0 unspecified atom stereocenters. The number of anilines is 1. The summed E-state index contributed by atoms with van der Waals surface area (Å²) in [4.78, 5) is 12.6. The Labute approximate surface area is 144 Å². The largest absolute Gasteiger partial charge is 0.431 e. The predicted octanol–water partition coefficient (Wildman–Crippen LogP) is 4.89. The van der Waals surface area contributed by atoms with Gasteiger partial charge in [0.1, 0.15) is 5.69 Å². The molecular weight excluding hydrogens is 385 g/mol. The quantitative estimate of drug-likeness (QED) is 0.627. The first kappa shape index (κ1) is 16.6. The first-order valence-corrected chi connectivity index (χ1v) is 7.81. The Morgan fingerprint density at radius 3 is 2.54 bits per heavy atom. The highest BCUT2D eigenvalue weighted by Gasteiger charge is 2.37. The molecule has 124 valence electrons. The maximum Gasteiger partial charge on any atom is 0.431 e. The van der Waals surface area contributed by atoms with Crippen LogP contribution in [0.2, 0.25) is 0 Å². The first-order valence-electron chi connectivity index (χ1n) is 7.01. The Morgan fingerprint density at radius 2 is 1.88 bits per heavy atom. The zero-order valence-electron chi connectivity index (χ0n) is 12.3. The van der Waals surface area contributed by atoms with Crippen LogP contribution in [0.15, 0.2) is 53.0 Å². The van der Waals surface area contributed by atoms with Gasteiger partial charge in [-0.3, -0.25) is 9.36 Å². The number of nitrogens with zero attached hydrogens (tertiary/aromatic N) is 1. The van der Waals surface area contributed by atoms with Crippen LogP contribution in [0.5, 0.6) is 0 Å². The van der Waals surface area contributed by atoms with Gasteiger partial charge in [-0.05, 0) is 42.0 Å². The number of fused-ring (bicyclic) bond motifs is 1. The third-order valence-electron chi connectivity index (χ3n) is 3.61. The van der Waals surface area contributed by atoms with Gasteiger partial charge >= 0.3 is 6.18 Å². The van der Waals surface area contributed by atoms with E-state index < -0.39 is 17.8 Å². The van der Waals surface area contributed by atoms with Crippen LogP contribution in [0.3, 0.4) is 0 Å². The van der Waals surface area contributed by atoms with Gasteiger partial charge < -0.3 is 5.73 Å². The van der Waals surface area contributed by atoms with Crippen molar-refractivity contribution < 1.29 is 18.0 Å². The van der Waals surface area contributed by atoms with Crippen molar-refractivity contribution in [3.63, 3.8) is 0 Å². The molecule has 3 rings (SSSR count). The van der Waals surface area contributed by atoms with E-state index in [1.165, 1.54) is 18.2 Å². The first-order chi connectivity index (χ1) is 11.3. The molecule has 0 radical (unpaired) electrons. The van der Waals surface area contributed by atoms with Crippen molar-refractivity contribution in [2.45, 2.75) is 12.6 Å². The Hall–Kier alpha value is -2.28. The molecule has 3 aromatic rings. The lowest BCUT2D eigenvalue weighted by molar-refractivity contribution is -0.142. The van der Waals surface area contributed by atoms with Crippen molar-refractivity contribution in [1.29, 1.82) is 0 Å². The van der Waals surface area contributed by atoms with Crippen LogP contribution in [0, 0.1) is 0 Å². The fourth-order valence-corrected chi connectivity index (χ4v) is 3.06. The molecule has 1 heterocycles. The van der Waals surface area contributed by atoms with Crippen LogP contribution in [0.25, 0.3) is 10.9 Å². The molecule has 24 heavy (non-hydrogen) atoms. The summed E-state index contributed by atoms with van der Waals surface area (Å²) in [7, 11) is 0. The van der Waals surface area contributed by atoms with E-state index in [2.05, 4.69) is 15.9 Å². The van der Waals surface area contributed by atoms with Crippen molar-refractivity contribution in [3.05, 3.63) is 64.3 Å². The molecular formula is C17H12BrF3N2O. The second-order valence-corrected chi connectivity index (χ2v) is 6.30. The van der Waals surface area contributed by atoms with Crippen LogP contribution in [0.4, 0.5) is 18.9 Å². The van der Waals surface area contributed by atoms with Crippen LogP contribution >= 0.6 is 15.9 Å². The lowest BCUT2D eigenvalue weighted by Gasteiger charge is -2.12. The number of halogens is 4. The van der Waals surface area contributed by atoms with Gasteiger partial charge in [-0.25, -0.2) is 0 Å². The molecule has 0 aliphatic carbocycles. The van der Waals surface area contributed by atoms with E-state index in [1.807, 2.05) is 0 Å². The number of hydrogen-bond acceptors (Lipinski definition) is 2. The Morgan fingerprint density at radius 1 is 1.12 bits per heavy atom. The van der Waals surface area contributed by atoms with Gasteiger partial charge in [-0.15, -0.1) is 0 Å². The molecule has 0 aliphatic rings. The van der Waals surface area contributed by atoms with Gasteiger partial charge in [-0.2, -0.15) is 13.2 Å². The average Bonchev–Trinajstić information content (AvgIpc) is 2.85. The summed E-state index contributed by atoms with van der Waals surface area (Å²) in [5, 5.41) is 0.282. The standard InChI is InChI=1S/C17H12BrF3N2O/c18-12-3-1-2-10(6-12)7-16(24)23-14-5-4-13(22)8-11(14)9-15(23)17(19,20)21/h1-6,8-9H,7,22H2. The third-order valence-corrected chi connectivity index (χ3v) is 4.10. The highest BCUT2D eigenvalue weighted by molar-refractivity contribution is 9.10. The lowest BCUT2D eigenvalue weighted by Crippen LogP contribution is -2.21. The van der Waals surface area contributed by atoms with Crippen LogP contribution in [0.1, 0.15) is 16.1 Å². The van der Waals surface area contributed by atoms with E-state index in [0.717, 1.165) is 15.1 Å². The molecule has 3 nitrogen and oxygen atoms in total. The van der Waals surface area contributed by atoms with Crippen LogP contribution < -0.4 is 5.73 Å². The van der Waals surface area contributed by atoms with Crippen LogP contribution in [-0.2, 0) is 12.6 Å². The van der Waals surface area contributed by atoms with E-state index in [0.29, 0.717) is 11.3 Å². The van der Waals surface area contributed by atoms with Crippen LogP contribution in [-0.4, -0.2) is 10.5 Å². The molecule has 0 aliphatic heterocycles. The number of aromatic nitrogens is 1. The third kappa shape index (κ3) is 3.17. The summed E-state index contributed by atoms with van der Waals surface area (Å²) in [6.45, 7) is 0. The van der Waals surface area contributed by atoms with E-state index in [4.69, 9.17) is 5.73 Å². The molecule has 7 heteroatoms. The molecule has 1 aromatic heterocycles. The van der Waals surface area contributed by atoms with Crippen molar-refractivity contribution >= 4 is 38.4 Å². The SMILES string of the molecule is Nc1ccc2c(c1)cc(C(F)(F)F)n2C(=O)Cc1cccc(Br)c1. The fourth-order valence-electron chi connectivity index (χ4n) is 2.61. The molecule has 0 atom stereocenters. The minimum atomic E-state index is -4.64. The number of benzene rings is 2. The van der Waals surface area contributed by atoms with Gasteiger partial charge in [0.05, 0.1) is 11.9 Å². The van der Waals surface area contributed by atoms with Gasteiger partial charge in [0, 0.05) is 15.5 Å². The molecule has 2 N–H and O–H groups in total. The number of nitrogen functional groups attached to an aromatic ring is 1. The van der Waals surface area contributed by atoms with E-state index in [9.17, 15) is 18.0 Å². The summed E-state index contributed by atoms with van der Waals surface area (Å²) in [5.41, 5.74) is 5.79. The molecule has 0 saturated carbocycles. The Balaban J connectivity index is 2.11. The summed E-state index contributed by atoms with van der Waals surface area (Å²) < 4.78 is 41.5. The van der Waals surface area contributed by atoms with Crippen molar-refractivity contribution in [1.82, 2.24) is 4.57 Å². The summed E-state index contributed by atoms with van der Waals surface area (Å²) in [6, 6.07) is 12.2. The summed E-state index contributed by atoms with van der Waals surface area (Å²) in [6.07, 6.45) is -4.78. The normalized spacial score (nSPS) is 11.8. The zero-order chi connectivity index (χ0) is 17.5. The molecule has 0 spiro atoms. The molecule has 0 amide bonds. The minimum Gasteiger partial charge on any atom is -0.399 e. The molecule has 0 bridgehead atoms. The summed E-state index contributed by atoms with van der Waals surface area (Å²) >= 11 is 3.28. The van der Waals surface area contributed by atoms with Crippen molar-refractivity contribution in [2.75, 3.05) is 5.73 Å². The smallest absolute Gasteiger partial charge is 0.399 e. The zero-order valence-corrected chi connectivity index (χ0v) is 13.9. The highest BCUT2D eigenvalue weighted by Crippen LogP contribution is 2.35. The van der Waals surface area contributed by atoms with Gasteiger partial charge in [-0.1, -0.05) is 28.1 Å². The number of hydrogen-bond donors (Lipinski definition) is 1. The second kappa shape index (κ2) is 5.98. The molecule has 0 fully saturated rings. The van der Waals surface area contributed by atoms with Crippen molar-refractivity contribution in [2.24, 2.45) is 0 Å². The Kier molecular flexibility index (Phi) is 4.13. The van der Waals surface area contributed by atoms with Crippen molar-refractivity contribution in [3.8, 4) is 0 Å². The Bertz CT molecular complexity index is 931. The molecule has 0 saturated heterocycles. The van der Waals surface area contributed by atoms with E-state index in [1.54, 1.807) is 24.3 Å². The topological polar surface area (TPSA) is 48.0 Å².